The number of carboxylic acids is 1. The van der Waals surface area contributed by atoms with Crippen LogP contribution in [0, 0.1) is 5.92 Å². The Morgan fingerprint density at radius 1 is 1.61 bits per heavy atom. The van der Waals surface area contributed by atoms with Crippen LogP contribution in [0.3, 0.4) is 0 Å². The molecule has 0 aromatic carbocycles. The average Bonchev–Trinajstić information content (AvgIpc) is 2.81. The van der Waals surface area contributed by atoms with E-state index in [2.05, 4.69) is 5.32 Å². The highest BCUT2D eigenvalue weighted by Gasteiger charge is 2.31. The molecule has 0 bridgehead atoms. The Morgan fingerprint density at radius 3 is 2.94 bits per heavy atom. The van der Waals surface area contributed by atoms with E-state index in [9.17, 15) is 9.90 Å². The molecule has 0 spiro atoms. The smallest absolute Gasteiger partial charge is 0.323 e. The Kier molecular flexibility index (Phi) is 6.60. The van der Waals surface area contributed by atoms with Crippen molar-refractivity contribution in [3.63, 3.8) is 0 Å². The highest BCUT2D eigenvalue weighted by Crippen LogP contribution is 2.15. The number of nitrogens with one attached hydrogen (secondary N) is 1. The standard InChI is InChI=1S/C13H25NO4/c1-3-14-13(2,12(15)16)6-4-7-17-9-11-5-8-18-10-11/h11,14H,3-10H2,1-2H3,(H,15,16). The van der Waals surface area contributed by atoms with E-state index in [-0.39, 0.29) is 0 Å². The largest absolute Gasteiger partial charge is 0.480 e. The third kappa shape index (κ3) is 4.92. The van der Waals surface area contributed by atoms with Crippen LogP contribution in [0.1, 0.15) is 33.1 Å². The quantitative estimate of drug-likeness (QED) is 0.610. The molecule has 1 heterocycles. The summed E-state index contributed by atoms with van der Waals surface area (Å²) in [6.07, 6.45) is 2.41. The van der Waals surface area contributed by atoms with Crippen LogP contribution in [-0.2, 0) is 14.3 Å². The van der Waals surface area contributed by atoms with Gasteiger partial charge in [0.25, 0.3) is 0 Å². The van der Waals surface area contributed by atoms with Crippen molar-refractivity contribution in [1.29, 1.82) is 0 Å². The summed E-state index contributed by atoms with van der Waals surface area (Å²) in [6.45, 7) is 7.27. The summed E-state index contributed by atoms with van der Waals surface area (Å²) in [7, 11) is 0. The minimum absolute atomic E-state index is 0.518. The summed E-state index contributed by atoms with van der Waals surface area (Å²) in [6, 6.07) is 0. The zero-order valence-corrected chi connectivity index (χ0v) is 11.4. The third-order valence-electron chi connectivity index (χ3n) is 3.38. The van der Waals surface area contributed by atoms with Gasteiger partial charge in [0.05, 0.1) is 13.2 Å². The van der Waals surface area contributed by atoms with Gasteiger partial charge < -0.3 is 19.9 Å². The van der Waals surface area contributed by atoms with Crippen LogP contribution in [0.5, 0.6) is 0 Å². The minimum atomic E-state index is -0.839. The topological polar surface area (TPSA) is 67.8 Å². The van der Waals surface area contributed by atoms with Crippen LogP contribution in [0.4, 0.5) is 0 Å². The molecular formula is C13H25NO4. The molecule has 1 fully saturated rings. The average molecular weight is 259 g/mol. The number of hydrogen-bond acceptors (Lipinski definition) is 4. The van der Waals surface area contributed by atoms with Gasteiger partial charge >= 0.3 is 5.97 Å². The fourth-order valence-corrected chi connectivity index (χ4v) is 2.15. The lowest BCUT2D eigenvalue weighted by atomic mass is 9.96. The van der Waals surface area contributed by atoms with Crippen LogP contribution in [0.15, 0.2) is 0 Å². The molecule has 2 N–H and O–H groups in total. The molecule has 1 saturated heterocycles. The van der Waals surface area contributed by atoms with Gasteiger partial charge in [0.1, 0.15) is 5.54 Å². The Labute approximate surface area is 109 Å². The van der Waals surface area contributed by atoms with Crippen molar-refractivity contribution in [1.82, 2.24) is 5.32 Å². The molecule has 106 valence electrons. The summed E-state index contributed by atoms with van der Waals surface area (Å²) in [4.78, 5) is 11.2. The summed E-state index contributed by atoms with van der Waals surface area (Å²) < 4.78 is 10.8. The van der Waals surface area contributed by atoms with E-state index in [0.29, 0.717) is 25.5 Å². The van der Waals surface area contributed by atoms with E-state index < -0.39 is 11.5 Å². The Morgan fingerprint density at radius 2 is 2.39 bits per heavy atom. The van der Waals surface area contributed by atoms with Gasteiger partial charge in [-0.15, -0.1) is 0 Å². The Bertz CT molecular complexity index is 253. The van der Waals surface area contributed by atoms with E-state index in [1.54, 1.807) is 6.92 Å². The molecule has 18 heavy (non-hydrogen) atoms. The second-order valence-corrected chi connectivity index (χ2v) is 5.08. The van der Waals surface area contributed by atoms with Gasteiger partial charge in [-0.2, -0.15) is 0 Å². The predicted molar refractivity (Wildman–Crippen MR) is 68.7 cm³/mol. The van der Waals surface area contributed by atoms with Crippen LogP contribution in [-0.4, -0.2) is 49.6 Å². The Balaban J connectivity index is 2.12. The third-order valence-corrected chi connectivity index (χ3v) is 3.38. The van der Waals surface area contributed by atoms with Crippen molar-refractivity contribution in [2.45, 2.75) is 38.6 Å². The highest BCUT2D eigenvalue weighted by atomic mass is 16.5. The molecule has 0 aromatic heterocycles. The molecule has 0 amide bonds. The van der Waals surface area contributed by atoms with Gasteiger partial charge in [-0.1, -0.05) is 6.92 Å². The molecule has 0 radical (unpaired) electrons. The van der Waals surface area contributed by atoms with Crippen molar-refractivity contribution in [2.24, 2.45) is 5.92 Å². The number of aliphatic carboxylic acids is 1. The van der Waals surface area contributed by atoms with Crippen molar-refractivity contribution >= 4 is 5.97 Å². The second-order valence-electron chi connectivity index (χ2n) is 5.08. The summed E-state index contributed by atoms with van der Waals surface area (Å²) in [5.74, 6) is -0.279. The molecule has 2 atom stereocenters. The predicted octanol–water partition coefficient (Wildman–Crippen LogP) is 1.27. The molecule has 1 aliphatic rings. The molecular weight excluding hydrogens is 234 g/mol. The van der Waals surface area contributed by atoms with Crippen molar-refractivity contribution in [3.8, 4) is 0 Å². The first-order chi connectivity index (χ1) is 8.58. The van der Waals surface area contributed by atoms with E-state index in [0.717, 1.165) is 32.7 Å². The maximum atomic E-state index is 11.2. The normalized spacial score (nSPS) is 22.9. The van der Waals surface area contributed by atoms with Crippen LogP contribution in [0.25, 0.3) is 0 Å². The summed E-state index contributed by atoms with van der Waals surface area (Å²) in [5, 5.41) is 12.2. The maximum absolute atomic E-state index is 11.2. The second kappa shape index (κ2) is 7.71. The van der Waals surface area contributed by atoms with E-state index in [4.69, 9.17) is 9.47 Å². The van der Waals surface area contributed by atoms with Crippen LogP contribution < -0.4 is 5.32 Å². The molecule has 0 saturated carbocycles. The number of ether oxygens (including phenoxy) is 2. The number of carbonyl (C=O) groups is 1. The fourth-order valence-electron chi connectivity index (χ4n) is 2.15. The Hall–Kier alpha value is -0.650. The van der Waals surface area contributed by atoms with Crippen LogP contribution >= 0.6 is 0 Å². The van der Waals surface area contributed by atoms with E-state index in [1.807, 2.05) is 6.92 Å². The van der Waals surface area contributed by atoms with Crippen LogP contribution in [0.2, 0.25) is 0 Å². The van der Waals surface area contributed by atoms with Gasteiger partial charge in [-0.25, -0.2) is 0 Å². The SMILES string of the molecule is CCNC(C)(CCCOCC1CCOC1)C(=O)O. The zero-order valence-electron chi connectivity index (χ0n) is 11.4. The maximum Gasteiger partial charge on any atom is 0.323 e. The minimum Gasteiger partial charge on any atom is -0.480 e. The molecule has 2 unspecified atom stereocenters. The van der Waals surface area contributed by atoms with Crippen molar-refractivity contribution < 1.29 is 19.4 Å². The number of carboxylic acid groups (broad SMARTS) is 1. The summed E-state index contributed by atoms with van der Waals surface area (Å²) in [5.41, 5.74) is -0.839. The van der Waals surface area contributed by atoms with Crippen molar-refractivity contribution in [2.75, 3.05) is 33.0 Å². The number of rotatable bonds is 9. The zero-order chi connectivity index (χ0) is 13.4. The molecule has 1 rings (SSSR count). The lowest BCUT2D eigenvalue weighted by Gasteiger charge is -2.25. The van der Waals surface area contributed by atoms with Crippen molar-refractivity contribution in [3.05, 3.63) is 0 Å². The first-order valence-electron chi connectivity index (χ1n) is 6.72. The first-order valence-corrected chi connectivity index (χ1v) is 6.72. The highest BCUT2D eigenvalue weighted by molar-refractivity contribution is 5.78. The lowest BCUT2D eigenvalue weighted by Crippen LogP contribution is -2.49. The molecule has 0 aliphatic carbocycles. The number of hydrogen-bond donors (Lipinski definition) is 2. The molecule has 5 nitrogen and oxygen atoms in total. The van der Waals surface area contributed by atoms with Gasteiger partial charge in [-0.3, -0.25) is 4.79 Å². The molecule has 5 heteroatoms. The number of likely N-dealkylation sites (N-methyl/N-ethyl adjacent to an activating group) is 1. The van der Waals surface area contributed by atoms with E-state index >= 15 is 0 Å². The van der Waals surface area contributed by atoms with Gasteiger partial charge in [-0.05, 0) is 32.7 Å². The first kappa shape index (κ1) is 15.4. The monoisotopic (exact) mass is 259 g/mol. The van der Waals surface area contributed by atoms with Gasteiger partial charge in [0, 0.05) is 19.1 Å². The molecule has 0 aromatic rings. The fraction of sp³-hybridized carbons (Fsp3) is 0.923. The summed E-state index contributed by atoms with van der Waals surface area (Å²) >= 11 is 0. The van der Waals surface area contributed by atoms with Gasteiger partial charge in [0.2, 0.25) is 0 Å². The lowest BCUT2D eigenvalue weighted by molar-refractivity contribution is -0.144. The van der Waals surface area contributed by atoms with Gasteiger partial charge in [0.15, 0.2) is 0 Å². The van der Waals surface area contributed by atoms with E-state index in [1.165, 1.54) is 0 Å². The molecule has 1 aliphatic heterocycles.